The summed E-state index contributed by atoms with van der Waals surface area (Å²) in [4.78, 5) is 12.9. The predicted molar refractivity (Wildman–Crippen MR) is 90.5 cm³/mol. The van der Waals surface area contributed by atoms with Crippen molar-refractivity contribution in [3.8, 4) is 0 Å². The van der Waals surface area contributed by atoms with Crippen molar-refractivity contribution in [1.29, 1.82) is 0 Å². The summed E-state index contributed by atoms with van der Waals surface area (Å²) in [5.41, 5.74) is 1.30. The van der Waals surface area contributed by atoms with Gasteiger partial charge in [0.1, 0.15) is 0 Å². The standard InChI is InChI=1S/C18H21NO3S/c20-16(14-6-11-23-13-14)12-19-17(21)18(7-9-22-10-8-18)15-4-2-1-3-5-15/h1-6,11,13,16,20H,7-10,12H2,(H,19,21)/t16-/m0/s1. The normalized spacial score (nSPS) is 18.3. The number of ether oxygens (including phenoxy) is 1. The monoisotopic (exact) mass is 331 g/mol. The lowest BCUT2D eigenvalue weighted by Crippen LogP contribution is -2.48. The van der Waals surface area contributed by atoms with Crippen LogP contribution in [0.4, 0.5) is 0 Å². The van der Waals surface area contributed by atoms with E-state index in [1.807, 2.05) is 47.2 Å². The molecule has 1 aromatic heterocycles. The second kappa shape index (κ2) is 7.25. The molecular weight excluding hydrogens is 310 g/mol. The third-order valence-corrected chi connectivity index (χ3v) is 5.19. The molecule has 1 aliphatic rings. The van der Waals surface area contributed by atoms with E-state index in [1.165, 1.54) is 11.3 Å². The van der Waals surface area contributed by atoms with E-state index in [1.54, 1.807) is 0 Å². The molecule has 0 bridgehead atoms. The predicted octanol–water partition coefficient (Wildman–Crippen LogP) is 2.65. The van der Waals surface area contributed by atoms with Gasteiger partial charge in [-0.2, -0.15) is 11.3 Å². The summed E-state index contributed by atoms with van der Waals surface area (Å²) in [6.45, 7) is 1.38. The van der Waals surface area contributed by atoms with Crippen LogP contribution in [0.15, 0.2) is 47.2 Å². The fourth-order valence-corrected chi connectivity index (χ4v) is 3.77. The zero-order valence-electron chi connectivity index (χ0n) is 12.9. The van der Waals surface area contributed by atoms with Crippen molar-refractivity contribution in [2.45, 2.75) is 24.4 Å². The molecule has 3 rings (SSSR count). The van der Waals surface area contributed by atoms with E-state index in [0.29, 0.717) is 26.1 Å². The number of carbonyl (C=O) groups excluding carboxylic acids is 1. The minimum Gasteiger partial charge on any atom is -0.387 e. The Kier molecular flexibility index (Phi) is 5.10. The first-order valence-corrected chi connectivity index (χ1v) is 8.78. The number of carbonyl (C=O) groups is 1. The van der Waals surface area contributed by atoms with Crippen molar-refractivity contribution in [3.63, 3.8) is 0 Å². The van der Waals surface area contributed by atoms with Gasteiger partial charge in [0.15, 0.2) is 0 Å². The average Bonchev–Trinajstić information content (AvgIpc) is 3.15. The highest BCUT2D eigenvalue weighted by molar-refractivity contribution is 7.07. The van der Waals surface area contributed by atoms with E-state index >= 15 is 0 Å². The van der Waals surface area contributed by atoms with Crippen LogP contribution in [-0.4, -0.2) is 30.8 Å². The Balaban J connectivity index is 1.73. The molecular formula is C18H21NO3S. The highest BCUT2D eigenvalue weighted by Gasteiger charge is 2.41. The van der Waals surface area contributed by atoms with Crippen LogP contribution in [0.5, 0.6) is 0 Å². The molecule has 0 aliphatic carbocycles. The van der Waals surface area contributed by atoms with Gasteiger partial charge in [-0.25, -0.2) is 0 Å². The summed E-state index contributed by atoms with van der Waals surface area (Å²) in [5, 5.41) is 16.9. The number of thiophene rings is 1. The molecule has 0 spiro atoms. The fourth-order valence-electron chi connectivity index (χ4n) is 3.06. The van der Waals surface area contributed by atoms with Crippen molar-refractivity contribution in [1.82, 2.24) is 5.32 Å². The van der Waals surface area contributed by atoms with Crippen LogP contribution >= 0.6 is 11.3 Å². The maximum atomic E-state index is 12.9. The summed E-state index contributed by atoms with van der Waals surface area (Å²) in [7, 11) is 0. The molecule has 1 atom stereocenters. The minimum atomic E-state index is -0.669. The van der Waals surface area contributed by atoms with Crippen molar-refractivity contribution in [2.24, 2.45) is 0 Å². The number of aliphatic hydroxyl groups excluding tert-OH is 1. The molecule has 2 aromatic rings. The maximum absolute atomic E-state index is 12.9. The van der Waals surface area contributed by atoms with Crippen molar-refractivity contribution in [3.05, 3.63) is 58.3 Å². The van der Waals surface area contributed by atoms with Gasteiger partial charge < -0.3 is 15.2 Å². The number of nitrogens with one attached hydrogen (secondary N) is 1. The second-order valence-corrected chi connectivity index (χ2v) is 6.62. The van der Waals surface area contributed by atoms with Crippen molar-refractivity contribution < 1.29 is 14.6 Å². The highest BCUT2D eigenvalue weighted by Crippen LogP contribution is 2.35. The van der Waals surface area contributed by atoms with Crippen LogP contribution in [0.3, 0.4) is 0 Å². The van der Waals surface area contributed by atoms with E-state index in [9.17, 15) is 9.90 Å². The third-order valence-electron chi connectivity index (χ3n) is 4.49. The van der Waals surface area contributed by atoms with Crippen LogP contribution in [0.2, 0.25) is 0 Å². The van der Waals surface area contributed by atoms with Gasteiger partial charge in [0, 0.05) is 19.8 Å². The first-order valence-electron chi connectivity index (χ1n) is 7.84. The van der Waals surface area contributed by atoms with Gasteiger partial charge in [0.05, 0.1) is 11.5 Å². The Labute approximate surface area is 140 Å². The maximum Gasteiger partial charge on any atom is 0.230 e. The Morgan fingerprint density at radius 1 is 1.26 bits per heavy atom. The van der Waals surface area contributed by atoms with E-state index in [-0.39, 0.29) is 12.5 Å². The molecule has 1 aliphatic heterocycles. The number of hydrogen-bond donors (Lipinski definition) is 2. The molecule has 2 heterocycles. The number of amides is 1. The molecule has 1 saturated heterocycles. The lowest BCUT2D eigenvalue weighted by molar-refractivity contribution is -0.131. The summed E-state index contributed by atoms with van der Waals surface area (Å²) < 4.78 is 5.45. The second-order valence-electron chi connectivity index (χ2n) is 5.84. The van der Waals surface area contributed by atoms with E-state index in [2.05, 4.69) is 5.32 Å². The molecule has 23 heavy (non-hydrogen) atoms. The lowest BCUT2D eigenvalue weighted by Gasteiger charge is -2.36. The average molecular weight is 331 g/mol. The molecule has 2 N–H and O–H groups in total. The zero-order valence-corrected chi connectivity index (χ0v) is 13.7. The molecule has 1 amide bonds. The third kappa shape index (κ3) is 3.47. The van der Waals surface area contributed by atoms with Gasteiger partial charge in [-0.1, -0.05) is 30.3 Å². The van der Waals surface area contributed by atoms with Gasteiger partial charge in [-0.15, -0.1) is 0 Å². The zero-order chi connectivity index (χ0) is 16.1. The SMILES string of the molecule is O=C(NC[C@H](O)c1ccsc1)C1(c2ccccc2)CCOCC1. The number of hydrogen-bond acceptors (Lipinski definition) is 4. The minimum absolute atomic E-state index is 0.0266. The van der Waals surface area contributed by atoms with Gasteiger partial charge in [0.25, 0.3) is 0 Å². The quantitative estimate of drug-likeness (QED) is 0.885. The molecule has 1 fully saturated rings. The molecule has 122 valence electrons. The van der Waals surface area contributed by atoms with Crippen LogP contribution in [0.1, 0.15) is 30.1 Å². The van der Waals surface area contributed by atoms with Crippen LogP contribution in [0.25, 0.3) is 0 Å². The van der Waals surface area contributed by atoms with Gasteiger partial charge in [-0.3, -0.25) is 4.79 Å². The first-order chi connectivity index (χ1) is 11.2. The number of rotatable bonds is 5. The topological polar surface area (TPSA) is 58.6 Å². The highest BCUT2D eigenvalue weighted by atomic mass is 32.1. The molecule has 0 radical (unpaired) electrons. The summed E-state index contributed by atoms with van der Waals surface area (Å²) >= 11 is 1.54. The van der Waals surface area contributed by atoms with Crippen LogP contribution in [0, 0.1) is 0 Å². The lowest BCUT2D eigenvalue weighted by atomic mass is 9.73. The number of aliphatic hydroxyl groups is 1. The Morgan fingerprint density at radius 3 is 2.65 bits per heavy atom. The van der Waals surface area contributed by atoms with Crippen molar-refractivity contribution >= 4 is 17.2 Å². The Morgan fingerprint density at radius 2 is 2.00 bits per heavy atom. The largest absolute Gasteiger partial charge is 0.387 e. The van der Waals surface area contributed by atoms with Crippen molar-refractivity contribution in [2.75, 3.05) is 19.8 Å². The first kappa shape index (κ1) is 16.2. The Hall–Kier alpha value is -1.69. The van der Waals surface area contributed by atoms with Crippen LogP contribution in [-0.2, 0) is 14.9 Å². The summed E-state index contributed by atoms with van der Waals surface area (Å²) in [5.74, 6) is -0.0266. The summed E-state index contributed by atoms with van der Waals surface area (Å²) in [6, 6.07) is 11.7. The molecule has 4 nitrogen and oxygen atoms in total. The fraction of sp³-hybridized carbons (Fsp3) is 0.389. The smallest absolute Gasteiger partial charge is 0.230 e. The molecule has 1 aromatic carbocycles. The molecule has 0 saturated carbocycles. The number of benzene rings is 1. The van der Waals surface area contributed by atoms with Gasteiger partial charge in [-0.05, 0) is 40.8 Å². The van der Waals surface area contributed by atoms with E-state index < -0.39 is 11.5 Å². The van der Waals surface area contributed by atoms with Gasteiger partial charge in [0.2, 0.25) is 5.91 Å². The summed E-state index contributed by atoms with van der Waals surface area (Å²) in [6.07, 6.45) is 0.660. The van der Waals surface area contributed by atoms with Crippen LogP contribution < -0.4 is 5.32 Å². The molecule has 5 heteroatoms. The van der Waals surface area contributed by atoms with E-state index in [4.69, 9.17) is 4.74 Å². The van der Waals surface area contributed by atoms with E-state index in [0.717, 1.165) is 11.1 Å². The van der Waals surface area contributed by atoms with Gasteiger partial charge >= 0.3 is 0 Å². The molecule has 0 unspecified atom stereocenters. The Bertz CT molecular complexity index is 621.